The first kappa shape index (κ1) is 25.6. The highest BCUT2D eigenvalue weighted by molar-refractivity contribution is 7.92. The van der Waals surface area contributed by atoms with Gasteiger partial charge in [-0.1, -0.05) is 30.3 Å². The first-order valence-electron chi connectivity index (χ1n) is 12.2. The number of piperazine rings is 1. The van der Waals surface area contributed by atoms with E-state index < -0.39 is 10.0 Å². The maximum atomic E-state index is 13.6. The van der Waals surface area contributed by atoms with Crippen LogP contribution in [0.25, 0.3) is 0 Å². The van der Waals surface area contributed by atoms with E-state index in [-0.39, 0.29) is 17.3 Å². The molecular weight excluding hydrogens is 474 g/mol. The first-order chi connectivity index (χ1) is 17.3. The number of carbonyl (C=O) groups excluding carboxylic acids is 1. The standard InChI is InChI=1S/C28H33N3O4S/c1-4-35-25-13-15-26(16-14-25)36(33,34)31(24-10-6-5-7-11-24)21-28(32)30-19-17-29(18-20-30)27-12-8-9-22(2)23(27)3/h5-16H,4,17-21H2,1-3H3. The molecule has 0 N–H and O–H groups in total. The summed E-state index contributed by atoms with van der Waals surface area (Å²) in [5.41, 5.74) is 4.12. The number of benzene rings is 3. The Morgan fingerprint density at radius 1 is 0.889 bits per heavy atom. The largest absolute Gasteiger partial charge is 0.494 e. The molecule has 4 rings (SSSR count). The molecule has 1 heterocycles. The zero-order valence-electron chi connectivity index (χ0n) is 21.1. The maximum absolute atomic E-state index is 13.6. The fourth-order valence-corrected chi connectivity index (χ4v) is 5.82. The van der Waals surface area contributed by atoms with Crippen molar-refractivity contribution < 1.29 is 17.9 Å². The molecule has 0 radical (unpaired) electrons. The molecular formula is C28H33N3O4S. The van der Waals surface area contributed by atoms with Crippen molar-refractivity contribution in [2.75, 3.05) is 48.5 Å². The molecule has 3 aromatic carbocycles. The SMILES string of the molecule is CCOc1ccc(S(=O)(=O)N(CC(=O)N2CCN(c3cccc(C)c3C)CC2)c2ccccc2)cc1. The lowest BCUT2D eigenvalue weighted by atomic mass is 10.1. The summed E-state index contributed by atoms with van der Waals surface area (Å²) in [4.78, 5) is 17.5. The maximum Gasteiger partial charge on any atom is 0.264 e. The molecule has 1 fully saturated rings. The summed E-state index contributed by atoms with van der Waals surface area (Å²) in [6.45, 7) is 8.80. The van der Waals surface area contributed by atoms with E-state index in [9.17, 15) is 13.2 Å². The van der Waals surface area contributed by atoms with Crippen LogP contribution in [0, 0.1) is 13.8 Å². The van der Waals surface area contributed by atoms with E-state index in [1.165, 1.54) is 33.3 Å². The van der Waals surface area contributed by atoms with Gasteiger partial charge >= 0.3 is 0 Å². The number of nitrogens with zero attached hydrogens (tertiary/aromatic N) is 3. The van der Waals surface area contributed by atoms with E-state index >= 15 is 0 Å². The van der Waals surface area contributed by atoms with Crippen LogP contribution in [-0.2, 0) is 14.8 Å². The normalized spacial score (nSPS) is 14.0. The topological polar surface area (TPSA) is 70.2 Å². The summed E-state index contributed by atoms with van der Waals surface area (Å²) in [7, 11) is -3.96. The van der Waals surface area contributed by atoms with Gasteiger partial charge in [-0.05, 0) is 74.4 Å². The van der Waals surface area contributed by atoms with Crippen LogP contribution in [0.3, 0.4) is 0 Å². The third-order valence-electron chi connectivity index (χ3n) is 6.59. The molecule has 8 heteroatoms. The Balaban J connectivity index is 1.51. The summed E-state index contributed by atoms with van der Waals surface area (Å²) < 4.78 is 33.9. The van der Waals surface area contributed by atoms with E-state index in [4.69, 9.17) is 4.74 Å². The van der Waals surface area contributed by atoms with Crippen molar-refractivity contribution >= 4 is 27.3 Å². The third-order valence-corrected chi connectivity index (χ3v) is 8.38. The van der Waals surface area contributed by atoms with Gasteiger partial charge in [0, 0.05) is 31.9 Å². The van der Waals surface area contributed by atoms with Crippen molar-refractivity contribution in [2.45, 2.75) is 25.7 Å². The van der Waals surface area contributed by atoms with Gasteiger partial charge in [-0.25, -0.2) is 8.42 Å². The van der Waals surface area contributed by atoms with Gasteiger partial charge in [-0.2, -0.15) is 0 Å². The van der Waals surface area contributed by atoms with Gasteiger partial charge in [-0.3, -0.25) is 9.10 Å². The molecule has 36 heavy (non-hydrogen) atoms. The summed E-state index contributed by atoms with van der Waals surface area (Å²) in [6.07, 6.45) is 0. The summed E-state index contributed by atoms with van der Waals surface area (Å²) in [5, 5.41) is 0. The smallest absolute Gasteiger partial charge is 0.264 e. The van der Waals surface area contributed by atoms with E-state index in [0.29, 0.717) is 44.2 Å². The van der Waals surface area contributed by atoms with Crippen LogP contribution in [0.2, 0.25) is 0 Å². The van der Waals surface area contributed by atoms with E-state index in [1.54, 1.807) is 41.3 Å². The zero-order valence-corrected chi connectivity index (χ0v) is 21.9. The quantitative estimate of drug-likeness (QED) is 0.456. The Morgan fingerprint density at radius 3 is 2.19 bits per heavy atom. The Hall–Kier alpha value is -3.52. The van der Waals surface area contributed by atoms with Gasteiger partial charge in [0.1, 0.15) is 12.3 Å². The molecule has 0 aliphatic carbocycles. The first-order valence-corrected chi connectivity index (χ1v) is 13.6. The second-order valence-corrected chi connectivity index (χ2v) is 10.7. The number of hydrogen-bond donors (Lipinski definition) is 0. The number of carbonyl (C=O) groups is 1. The minimum absolute atomic E-state index is 0.113. The van der Waals surface area contributed by atoms with Crippen molar-refractivity contribution in [1.29, 1.82) is 0 Å². The minimum atomic E-state index is -3.96. The zero-order chi connectivity index (χ0) is 25.7. The predicted molar refractivity (Wildman–Crippen MR) is 143 cm³/mol. The molecule has 0 spiro atoms. The number of sulfonamides is 1. The van der Waals surface area contributed by atoms with E-state index in [2.05, 4.69) is 36.9 Å². The van der Waals surface area contributed by atoms with Crippen molar-refractivity contribution in [1.82, 2.24) is 4.90 Å². The molecule has 0 saturated carbocycles. The molecule has 1 aliphatic heterocycles. The van der Waals surface area contributed by atoms with Gasteiger partial charge in [0.25, 0.3) is 10.0 Å². The van der Waals surface area contributed by atoms with Crippen LogP contribution in [0.1, 0.15) is 18.1 Å². The van der Waals surface area contributed by atoms with E-state index in [1.807, 2.05) is 13.0 Å². The van der Waals surface area contributed by atoms with Crippen molar-refractivity contribution in [3.05, 3.63) is 83.9 Å². The lowest BCUT2D eigenvalue weighted by molar-refractivity contribution is -0.129. The molecule has 0 aromatic heterocycles. The molecule has 0 bridgehead atoms. The molecule has 0 atom stereocenters. The predicted octanol–water partition coefficient (Wildman–Crippen LogP) is 4.25. The van der Waals surface area contributed by atoms with Crippen LogP contribution in [-0.4, -0.2) is 58.6 Å². The number of aryl methyl sites for hydroxylation is 1. The fraction of sp³-hybridized carbons (Fsp3) is 0.321. The molecule has 1 saturated heterocycles. The van der Waals surface area contributed by atoms with Gasteiger partial charge in [0.15, 0.2) is 0 Å². The lowest BCUT2D eigenvalue weighted by Gasteiger charge is -2.38. The summed E-state index contributed by atoms with van der Waals surface area (Å²) in [6, 6.07) is 21.3. The molecule has 1 aliphatic rings. The lowest BCUT2D eigenvalue weighted by Crippen LogP contribution is -2.52. The summed E-state index contributed by atoms with van der Waals surface area (Å²) >= 11 is 0. The highest BCUT2D eigenvalue weighted by Crippen LogP contribution is 2.27. The highest BCUT2D eigenvalue weighted by atomic mass is 32.2. The van der Waals surface area contributed by atoms with Crippen molar-refractivity contribution in [2.24, 2.45) is 0 Å². The van der Waals surface area contributed by atoms with Crippen LogP contribution >= 0.6 is 0 Å². The number of ether oxygens (including phenoxy) is 1. The van der Waals surface area contributed by atoms with Gasteiger partial charge < -0.3 is 14.5 Å². The fourth-order valence-electron chi connectivity index (χ4n) is 4.41. The summed E-state index contributed by atoms with van der Waals surface area (Å²) in [5.74, 6) is 0.384. The number of para-hydroxylation sites is 1. The molecule has 3 aromatic rings. The van der Waals surface area contributed by atoms with Crippen molar-refractivity contribution in [3.63, 3.8) is 0 Å². The van der Waals surface area contributed by atoms with Gasteiger partial charge in [-0.15, -0.1) is 0 Å². The minimum Gasteiger partial charge on any atom is -0.494 e. The van der Waals surface area contributed by atoms with Gasteiger partial charge in [0.05, 0.1) is 17.2 Å². The second-order valence-electron chi connectivity index (χ2n) is 8.84. The average molecular weight is 508 g/mol. The number of hydrogen-bond acceptors (Lipinski definition) is 5. The number of amides is 1. The van der Waals surface area contributed by atoms with Crippen LogP contribution in [0.15, 0.2) is 77.7 Å². The second kappa shape index (κ2) is 11.0. The van der Waals surface area contributed by atoms with E-state index in [0.717, 1.165) is 0 Å². The Morgan fingerprint density at radius 2 is 1.56 bits per heavy atom. The third kappa shape index (κ3) is 5.49. The van der Waals surface area contributed by atoms with Crippen molar-refractivity contribution in [3.8, 4) is 5.75 Å². The van der Waals surface area contributed by atoms with Crippen LogP contribution in [0.4, 0.5) is 11.4 Å². The van der Waals surface area contributed by atoms with Crippen LogP contribution in [0.5, 0.6) is 5.75 Å². The Labute approximate surface area is 214 Å². The highest BCUT2D eigenvalue weighted by Gasteiger charge is 2.30. The van der Waals surface area contributed by atoms with Gasteiger partial charge in [0.2, 0.25) is 5.91 Å². The average Bonchev–Trinajstić information content (AvgIpc) is 2.90. The van der Waals surface area contributed by atoms with Crippen LogP contribution < -0.4 is 13.9 Å². The molecule has 190 valence electrons. The Bertz CT molecular complexity index is 1290. The number of anilines is 2. The molecule has 1 amide bonds. The monoisotopic (exact) mass is 507 g/mol. The Kier molecular flexibility index (Phi) is 7.84. The number of rotatable bonds is 8. The molecule has 0 unspecified atom stereocenters. The molecule has 7 nitrogen and oxygen atoms in total.